The van der Waals surface area contributed by atoms with Crippen LogP contribution in [-0.2, 0) is 106 Å². The van der Waals surface area contributed by atoms with Crippen molar-refractivity contribution in [2.75, 3.05) is 32.7 Å². The Labute approximate surface area is 656 Å². The van der Waals surface area contributed by atoms with Gasteiger partial charge in [0.2, 0.25) is 47.3 Å². The van der Waals surface area contributed by atoms with Gasteiger partial charge in [0.25, 0.3) is 0 Å². The Bertz CT molecular complexity index is 4120. The van der Waals surface area contributed by atoms with E-state index in [2.05, 4.69) is 69.1 Å². The van der Waals surface area contributed by atoms with Gasteiger partial charge in [-0.1, -0.05) is 196 Å². The predicted octanol–water partition coefficient (Wildman–Crippen LogP) is 0.959. The quantitative estimate of drug-likeness (QED) is 0.0237. The molecule has 114 heavy (non-hydrogen) atoms. The van der Waals surface area contributed by atoms with Crippen LogP contribution in [0.1, 0.15) is 67.5 Å². The molecule has 0 aliphatic carbocycles. The van der Waals surface area contributed by atoms with Crippen LogP contribution in [0.15, 0.2) is 182 Å². The average Bonchev–Trinajstić information content (AvgIpc) is 0.488. The molecule has 0 aliphatic rings. The molecule has 36 heteroatoms. The number of aliphatic hydroxyl groups excluding tert-OH is 2. The Kier molecular flexibility index (Phi) is 37.6. The Morgan fingerprint density at radius 3 is 0.842 bits per heavy atom. The summed E-state index contributed by atoms with van der Waals surface area (Å²) in [6.45, 7) is 0.392. The zero-order valence-corrected chi connectivity index (χ0v) is 62.9. The fraction of sp³-hybridized carbons (Fsp3) is 0.359. The van der Waals surface area contributed by atoms with Crippen LogP contribution in [0.5, 0.6) is 0 Å². The van der Waals surface area contributed by atoms with Gasteiger partial charge in [-0.15, -0.1) is 0 Å². The minimum atomic E-state index is -1.95. The van der Waals surface area contributed by atoms with Crippen LogP contribution in [0.4, 0.5) is 24.0 Å². The lowest BCUT2D eigenvalue weighted by molar-refractivity contribution is -0.145. The highest BCUT2D eigenvalue weighted by Gasteiger charge is 2.38. The smallest absolute Gasteiger partial charge is 0.408 e. The summed E-state index contributed by atoms with van der Waals surface area (Å²) >= 11 is 0. The number of carboxylic acid groups (broad SMARTS) is 1. The van der Waals surface area contributed by atoms with Crippen LogP contribution in [-0.4, -0.2) is 198 Å². The summed E-state index contributed by atoms with van der Waals surface area (Å²) < 4.78 is 26.5. The molecule has 0 bridgehead atoms. The number of aliphatic carboxylic acids is 1. The largest absolute Gasteiger partial charge is 0.480 e. The number of carbonyl (C=O) groups excluding carboxylic acids is 13. The molecule has 610 valence electrons. The van der Waals surface area contributed by atoms with Gasteiger partial charge < -0.3 is 114 Å². The number of benzene rings is 6. The maximum Gasteiger partial charge on any atom is 0.408 e. The van der Waals surface area contributed by atoms with Crippen molar-refractivity contribution in [3.8, 4) is 0 Å². The van der Waals surface area contributed by atoms with Crippen LogP contribution < -0.4 is 74.9 Å². The third-order valence-electron chi connectivity index (χ3n) is 16.6. The average molecular weight is 1580 g/mol. The standard InChI is InChI=1S/C78H96N14O22/c1-47(2)35-56(65(95)87-60(39-81-75(106)111-43-52-27-15-7-16-28-52)70(100)89-62(71(101)91-64(49(4)94)73(103)104)41-83-77(108)113-45-54-31-19-9-20-32-54)84-66(96)57(36-50-23-11-5-12-24-50)85-68(98)59(38-80-74(105)110-42-51-25-13-6-14-26-51)88-67(97)58(37-79)86-69(99)61(40-82-76(107)112-44-53-29-17-8-18-30-53)90-72(102)63(48(3)93)92-78(109)114-46-55-33-21-10-22-34-55/h5-34,47-49,56-64,93-94H,35-46,79H2,1-4H3,(H,80,105)(H,81,106)(H,82,107)(H,83,108)(H,84,96)(H,85,98)(H,86,99)(H,87,95)(H,88,97)(H,89,100)(H,90,102)(H,91,101)(H,92,109)(H,103,104)/t48-,49-,56+,57-,58+,59+,60+,61+,62+,63+,64+/m1/s1. The monoisotopic (exact) mass is 1580 g/mol. The van der Waals surface area contributed by atoms with Crippen molar-refractivity contribution in [2.45, 2.75) is 140 Å². The number of hydrogen-bond acceptors (Lipinski definition) is 22. The SMILES string of the molecule is CC(C)C[C@H](NC(=O)[C@@H](Cc1ccccc1)NC(=O)[C@H](CNC(=O)OCc1ccccc1)NC(=O)[C@H](CN)NC(=O)[C@H](CNC(=O)OCc1ccccc1)NC(=O)[C@@H](NC(=O)OCc1ccccc1)[C@@H](C)O)C(=O)N[C@@H](CNC(=O)OCc1ccccc1)C(=O)N[C@@H](CNC(=O)OCc1ccccc1)C(=O)N[C@H](C(=O)O)[C@@H](C)O. The minimum Gasteiger partial charge on any atom is -0.480 e. The van der Waals surface area contributed by atoms with E-state index in [1.54, 1.807) is 196 Å². The van der Waals surface area contributed by atoms with E-state index in [9.17, 15) is 72.9 Å². The third-order valence-corrected chi connectivity index (χ3v) is 16.6. The first-order valence-corrected chi connectivity index (χ1v) is 36.2. The van der Waals surface area contributed by atoms with Crippen molar-refractivity contribution < 1.29 is 106 Å². The Morgan fingerprint density at radius 2 is 0.544 bits per heavy atom. The lowest BCUT2D eigenvalue weighted by atomic mass is 10.0. The van der Waals surface area contributed by atoms with E-state index in [4.69, 9.17) is 29.4 Å². The molecule has 0 saturated carbocycles. The van der Waals surface area contributed by atoms with Gasteiger partial charge in [-0.05, 0) is 59.6 Å². The van der Waals surface area contributed by atoms with Crippen LogP contribution in [0.2, 0.25) is 0 Å². The molecule has 0 aliphatic heterocycles. The Balaban J connectivity index is 1.28. The molecule has 0 spiro atoms. The lowest BCUT2D eigenvalue weighted by Gasteiger charge is -2.29. The summed E-state index contributed by atoms with van der Waals surface area (Å²) in [6.07, 6.45) is -9.43. The van der Waals surface area contributed by atoms with Gasteiger partial charge in [0, 0.05) is 13.0 Å². The molecular formula is C78H96N14O22. The van der Waals surface area contributed by atoms with Gasteiger partial charge in [0.1, 0.15) is 81.4 Å². The fourth-order valence-corrected chi connectivity index (χ4v) is 10.5. The molecule has 11 atom stereocenters. The van der Waals surface area contributed by atoms with Crippen LogP contribution in [0.25, 0.3) is 0 Å². The Morgan fingerprint density at radius 1 is 0.298 bits per heavy atom. The summed E-state index contributed by atoms with van der Waals surface area (Å²) in [5.41, 5.74) is 9.40. The molecule has 13 amide bonds. The number of carbonyl (C=O) groups is 14. The van der Waals surface area contributed by atoms with Crippen molar-refractivity contribution in [3.63, 3.8) is 0 Å². The normalized spacial score (nSPS) is 13.7. The summed E-state index contributed by atoms with van der Waals surface area (Å²) in [7, 11) is 0. The van der Waals surface area contributed by atoms with Gasteiger partial charge in [-0.2, -0.15) is 0 Å². The first-order valence-electron chi connectivity index (χ1n) is 36.2. The molecule has 0 radical (unpaired) electrons. The van der Waals surface area contributed by atoms with Crippen LogP contribution in [0.3, 0.4) is 0 Å². The zero-order valence-electron chi connectivity index (χ0n) is 62.9. The van der Waals surface area contributed by atoms with Crippen molar-refractivity contribution in [1.82, 2.24) is 69.1 Å². The molecule has 18 N–H and O–H groups in total. The van der Waals surface area contributed by atoms with Crippen molar-refractivity contribution >= 4 is 83.7 Å². The van der Waals surface area contributed by atoms with Crippen LogP contribution >= 0.6 is 0 Å². The topological polar surface area (TPSA) is 528 Å². The number of nitrogens with two attached hydrogens (primary N) is 1. The number of rotatable bonds is 43. The van der Waals surface area contributed by atoms with Crippen molar-refractivity contribution in [2.24, 2.45) is 11.7 Å². The van der Waals surface area contributed by atoms with E-state index in [1.807, 2.05) is 0 Å². The first-order chi connectivity index (χ1) is 54.6. The highest BCUT2D eigenvalue weighted by atomic mass is 16.6. The van der Waals surface area contributed by atoms with Gasteiger partial charge in [0.05, 0.1) is 38.4 Å². The number of aliphatic hydroxyl groups is 2. The number of ether oxygens (including phenoxy) is 5. The number of carboxylic acids is 1. The maximum absolute atomic E-state index is 15.1. The fourth-order valence-electron chi connectivity index (χ4n) is 10.5. The van der Waals surface area contributed by atoms with E-state index in [-0.39, 0.29) is 45.9 Å². The molecule has 0 heterocycles. The van der Waals surface area contributed by atoms with Crippen molar-refractivity contribution in [3.05, 3.63) is 215 Å². The number of hydrogen-bond donors (Lipinski definition) is 17. The van der Waals surface area contributed by atoms with Gasteiger partial charge in [-0.3, -0.25) is 38.4 Å². The molecule has 6 aromatic rings. The van der Waals surface area contributed by atoms with E-state index in [1.165, 1.54) is 0 Å². The second-order valence-corrected chi connectivity index (χ2v) is 26.2. The molecule has 0 unspecified atom stereocenters. The number of alkyl carbamates (subject to hydrolysis) is 5. The molecule has 36 nitrogen and oxygen atoms in total. The predicted molar refractivity (Wildman–Crippen MR) is 407 cm³/mol. The minimum absolute atomic E-state index is 0.207. The maximum atomic E-state index is 15.1. The number of nitrogens with one attached hydrogen (secondary N) is 13. The number of amides is 13. The summed E-state index contributed by atoms with van der Waals surface area (Å²) in [5.74, 6) is -11.7. The molecule has 6 rings (SSSR count). The van der Waals surface area contributed by atoms with E-state index >= 15 is 9.59 Å². The Hall–Kier alpha value is -13.2. The molecule has 0 fully saturated rings. The summed E-state index contributed by atoms with van der Waals surface area (Å²) in [4.78, 5) is 195. The first kappa shape index (κ1) is 89.7. The third kappa shape index (κ3) is 32.8. The van der Waals surface area contributed by atoms with Crippen LogP contribution in [0, 0.1) is 5.92 Å². The van der Waals surface area contributed by atoms with Gasteiger partial charge in [0.15, 0.2) is 6.04 Å². The van der Waals surface area contributed by atoms with Crippen molar-refractivity contribution in [1.29, 1.82) is 0 Å². The summed E-state index contributed by atoms with van der Waals surface area (Å²) in [5, 5.41) is 61.8. The lowest BCUT2D eigenvalue weighted by Crippen LogP contribution is -2.64. The van der Waals surface area contributed by atoms with E-state index < -0.39 is 189 Å². The molecule has 6 aromatic carbocycles. The van der Waals surface area contributed by atoms with E-state index in [0.717, 1.165) is 13.8 Å². The van der Waals surface area contributed by atoms with Gasteiger partial charge in [-0.25, -0.2) is 28.8 Å². The molecule has 0 aromatic heterocycles. The van der Waals surface area contributed by atoms with E-state index in [0.29, 0.717) is 33.4 Å². The highest BCUT2D eigenvalue weighted by molar-refractivity contribution is 5.99. The molecule has 0 saturated heterocycles. The molecular weight excluding hydrogens is 1480 g/mol. The second-order valence-electron chi connectivity index (χ2n) is 26.2. The highest BCUT2D eigenvalue weighted by Crippen LogP contribution is 2.13. The summed E-state index contributed by atoms with van der Waals surface area (Å²) in [6, 6.07) is 33.7. The zero-order chi connectivity index (χ0) is 82.9. The van der Waals surface area contributed by atoms with Gasteiger partial charge >= 0.3 is 36.4 Å². The second kappa shape index (κ2) is 47.8.